The molecule has 0 fully saturated rings. The highest BCUT2D eigenvalue weighted by atomic mass is 16.3. The Morgan fingerprint density at radius 2 is 1.02 bits per heavy atom. The second-order valence-electron chi connectivity index (χ2n) is 12.2. The number of hydrogen-bond donors (Lipinski definition) is 0. The van der Waals surface area contributed by atoms with Crippen LogP contribution in [-0.4, -0.2) is 19.9 Å². The van der Waals surface area contributed by atoms with Crippen molar-refractivity contribution in [2.45, 2.75) is 0 Å². The number of aromatic nitrogens is 4. The normalized spacial score (nSPS) is 11.7. The van der Waals surface area contributed by atoms with Gasteiger partial charge in [-0.05, 0) is 62.1 Å². The van der Waals surface area contributed by atoms with E-state index in [2.05, 4.69) is 83.8 Å². The standard InChI is InChI=1S/C44H26N4O/c1-3-12-28(13-4-1)42-46-43(29-14-5-2-6-15-29)48-44(47-42)36-22-21-34(41-40(36)35-23-24-45-26-38(35)49-41)37-25-30-20-19-27-11-7-8-16-31(27)39(30)33-18-10-9-17-32(33)37/h1-26H. The molecule has 0 saturated heterocycles. The maximum absolute atomic E-state index is 6.73. The molecular weight excluding hydrogens is 601 g/mol. The number of nitrogens with zero attached hydrogens (tertiary/aromatic N) is 4. The molecule has 10 aromatic rings. The minimum absolute atomic E-state index is 0.582. The Kier molecular flexibility index (Phi) is 6.11. The third-order valence-corrected chi connectivity index (χ3v) is 9.40. The van der Waals surface area contributed by atoms with Crippen LogP contribution in [0.25, 0.3) is 99.5 Å². The van der Waals surface area contributed by atoms with E-state index in [4.69, 9.17) is 19.4 Å². The fourth-order valence-corrected chi connectivity index (χ4v) is 7.16. The fraction of sp³-hybridized carbons (Fsp3) is 0. The molecule has 228 valence electrons. The van der Waals surface area contributed by atoms with Gasteiger partial charge in [0.15, 0.2) is 23.1 Å². The van der Waals surface area contributed by atoms with Crippen molar-refractivity contribution in [3.05, 3.63) is 158 Å². The lowest BCUT2D eigenvalue weighted by molar-refractivity contribution is 0.668. The summed E-state index contributed by atoms with van der Waals surface area (Å²) in [5.41, 5.74) is 6.31. The predicted molar refractivity (Wildman–Crippen MR) is 199 cm³/mol. The molecule has 0 radical (unpaired) electrons. The molecule has 0 N–H and O–H groups in total. The summed E-state index contributed by atoms with van der Waals surface area (Å²) in [6.45, 7) is 0. The average Bonchev–Trinajstić information content (AvgIpc) is 3.57. The molecule has 0 bridgehead atoms. The Morgan fingerprint density at radius 1 is 0.408 bits per heavy atom. The second-order valence-corrected chi connectivity index (χ2v) is 12.2. The lowest BCUT2D eigenvalue weighted by Crippen LogP contribution is -2.00. The van der Waals surface area contributed by atoms with Gasteiger partial charge in [-0.1, -0.05) is 121 Å². The van der Waals surface area contributed by atoms with Crippen LogP contribution in [0.5, 0.6) is 0 Å². The quantitative estimate of drug-likeness (QED) is 0.182. The van der Waals surface area contributed by atoms with E-state index in [0.29, 0.717) is 23.1 Å². The second kappa shape index (κ2) is 10.9. The first-order valence-electron chi connectivity index (χ1n) is 16.3. The molecule has 0 unspecified atom stereocenters. The summed E-state index contributed by atoms with van der Waals surface area (Å²) in [6, 6.07) is 50.4. The zero-order chi connectivity index (χ0) is 32.3. The number of rotatable bonds is 4. The lowest BCUT2D eigenvalue weighted by atomic mass is 9.89. The smallest absolute Gasteiger partial charge is 0.164 e. The third kappa shape index (κ3) is 4.40. The summed E-state index contributed by atoms with van der Waals surface area (Å²) in [5, 5.41) is 9.19. The zero-order valence-corrected chi connectivity index (χ0v) is 26.2. The van der Waals surface area contributed by atoms with Gasteiger partial charge in [0.2, 0.25) is 0 Å². The highest BCUT2D eigenvalue weighted by molar-refractivity contribution is 6.25. The molecule has 0 spiro atoms. The molecule has 5 nitrogen and oxygen atoms in total. The largest absolute Gasteiger partial charge is 0.454 e. The van der Waals surface area contributed by atoms with Crippen molar-refractivity contribution in [1.82, 2.24) is 19.9 Å². The summed E-state index contributed by atoms with van der Waals surface area (Å²) in [5.74, 6) is 1.81. The van der Waals surface area contributed by atoms with E-state index < -0.39 is 0 Å². The van der Waals surface area contributed by atoms with E-state index >= 15 is 0 Å². The molecule has 0 aliphatic heterocycles. The summed E-state index contributed by atoms with van der Waals surface area (Å²) in [6.07, 6.45) is 3.59. The topological polar surface area (TPSA) is 64.7 Å². The van der Waals surface area contributed by atoms with Gasteiger partial charge in [0.25, 0.3) is 0 Å². The molecule has 3 aromatic heterocycles. The molecule has 0 aliphatic carbocycles. The molecule has 0 amide bonds. The van der Waals surface area contributed by atoms with Crippen LogP contribution < -0.4 is 0 Å². The first kappa shape index (κ1) is 27.4. The van der Waals surface area contributed by atoms with Crippen LogP contribution in [0, 0.1) is 0 Å². The summed E-state index contributed by atoms with van der Waals surface area (Å²) >= 11 is 0. The number of furan rings is 1. The van der Waals surface area contributed by atoms with Gasteiger partial charge in [0, 0.05) is 39.2 Å². The van der Waals surface area contributed by atoms with Crippen molar-refractivity contribution in [2.75, 3.05) is 0 Å². The lowest BCUT2D eigenvalue weighted by Gasteiger charge is -2.14. The first-order valence-corrected chi connectivity index (χ1v) is 16.3. The minimum Gasteiger partial charge on any atom is -0.454 e. The van der Waals surface area contributed by atoms with E-state index in [1.54, 1.807) is 6.20 Å². The zero-order valence-electron chi connectivity index (χ0n) is 26.2. The van der Waals surface area contributed by atoms with E-state index in [1.807, 2.05) is 72.9 Å². The Balaban J connectivity index is 1.28. The summed E-state index contributed by atoms with van der Waals surface area (Å²) in [7, 11) is 0. The molecule has 3 heterocycles. The van der Waals surface area contributed by atoms with Gasteiger partial charge in [-0.3, -0.25) is 4.98 Å². The number of fused-ring (bicyclic) bond motifs is 8. The van der Waals surface area contributed by atoms with Gasteiger partial charge in [-0.15, -0.1) is 0 Å². The molecule has 10 rings (SSSR count). The van der Waals surface area contributed by atoms with Crippen LogP contribution >= 0.6 is 0 Å². The molecule has 0 atom stereocenters. The van der Waals surface area contributed by atoms with Crippen molar-refractivity contribution in [3.63, 3.8) is 0 Å². The fourth-order valence-electron chi connectivity index (χ4n) is 7.16. The van der Waals surface area contributed by atoms with Crippen molar-refractivity contribution in [1.29, 1.82) is 0 Å². The van der Waals surface area contributed by atoms with Crippen molar-refractivity contribution in [2.24, 2.45) is 0 Å². The Hall–Kier alpha value is -6.72. The minimum atomic E-state index is 0.582. The highest BCUT2D eigenvalue weighted by Gasteiger charge is 2.22. The van der Waals surface area contributed by atoms with Crippen LogP contribution in [-0.2, 0) is 0 Å². The SMILES string of the molecule is c1ccc(-c2nc(-c3ccccc3)nc(-c3ccc(-c4cc5ccc6ccccc6c5c5ccccc45)c4oc5cnccc5c34)n2)cc1. The van der Waals surface area contributed by atoms with Crippen LogP contribution in [0.15, 0.2) is 162 Å². The number of hydrogen-bond acceptors (Lipinski definition) is 5. The molecule has 5 heteroatoms. The maximum atomic E-state index is 6.73. The van der Waals surface area contributed by atoms with Crippen LogP contribution in [0.3, 0.4) is 0 Å². The summed E-state index contributed by atoms with van der Waals surface area (Å²) < 4.78 is 6.73. The van der Waals surface area contributed by atoms with E-state index in [1.165, 1.54) is 26.9 Å². The van der Waals surface area contributed by atoms with Crippen molar-refractivity contribution < 1.29 is 4.42 Å². The molecule has 0 aliphatic rings. The molecule has 49 heavy (non-hydrogen) atoms. The van der Waals surface area contributed by atoms with Gasteiger partial charge < -0.3 is 4.42 Å². The molecular formula is C44H26N4O. The maximum Gasteiger partial charge on any atom is 0.164 e. The van der Waals surface area contributed by atoms with Crippen LogP contribution in [0.1, 0.15) is 0 Å². The number of benzene rings is 7. The summed E-state index contributed by atoms with van der Waals surface area (Å²) in [4.78, 5) is 19.5. The van der Waals surface area contributed by atoms with Gasteiger partial charge in [0.1, 0.15) is 5.58 Å². The van der Waals surface area contributed by atoms with Gasteiger partial charge in [-0.25, -0.2) is 15.0 Å². The van der Waals surface area contributed by atoms with Crippen LogP contribution in [0.2, 0.25) is 0 Å². The third-order valence-electron chi connectivity index (χ3n) is 9.40. The number of pyridine rings is 1. The average molecular weight is 627 g/mol. The van der Waals surface area contributed by atoms with Crippen LogP contribution in [0.4, 0.5) is 0 Å². The van der Waals surface area contributed by atoms with E-state index in [9.17, 15) is 0 Å². The Bertz CT molecular complexity index is 2820. The Labute approximate surface area is 281 Å². The van der Waals surface area contributed by atoms with Gasteiger partial charge in [-0.2, -0.15) is 0 Å². The van der Waals surface area contributed by atoms with Gasteiger partial charge >= 0.3 is 0 Å². The Morgan fingerprint density at radius 3 is 1.78 bits per heavy atom. The predicted octanol–water partition coefficient (Wildman–Crippen LogP) is 11.3. The first-order chi connectivity index (χ1) is 24.3. The molecule has 0 saturated carbocycles. The van der Waals surface area contributed by atoms with Crippen molar-refractivity contribution >= 4 is 54.3 Å². The highest BCUT2D eigenvalue weighted by Crippen LogP contribution is 2.45. The monoisotopic (exact) mass is 626 g/mol. The van der Waals surface area contributed by atoms with Crippen molar-refractivity contribution in [3.8, 4) is 45.3 Å². The van der Waals surface area contributed by atoms with Gasteiger partial charge in [0.05, 0.1) is 6.20 Å². The van der Waals surface area contributed by atoms with E-state index in [0.717, 1.165) is 49.6 Å². The molecule has 7 aromatic carbocycles. The van der Waals surface area contributed by atoms with E-state index in [-0.39, 0.29) is 0 Å².